The first kappa shape index (κ1) is 12.9. The first-order valence-electron chi connectivity index (χ1n) is 7.32. The van der Waals surface area contributed by atoms with Gasteiger partial charge in [0.1, 0.15) is 11.4 Å². The summed E-state index contributed by atoms with van der Waals surface area (Å²) in [7, 11) is 0. The van der Waals surface area contributed by atoms with Crippen LogP contribution in [-0.2, 0) is 13.0 Å². The molecule has 1 aromatic rings. The van der Waals surface area contributed by atoms with Gasteiger partial charge in [-0.2, -0.15) is 0 Å². The number of nitrogens with zero attached hydrogens (tertiary/aromatic N) is 1. The van der Waals surface area contributed by atoms with Crippen LogP contribution in [0, 0.1) is 0 Å². The number of rotatable bonds is 3. The van der Waals surface area contributed by atoms with E-state index in [4.69, 9.17) is 4.74 Å². The van der Waals surface area contributed by atoms with Crippen molar-refractivity contribution in [2.24, 2.45) is 0 Å². The zero-order valence-electron chi connectivity index (χ0n) is 12.2. The smallest absolute Gasteiger partial charge is 0.131 e. The predicted octanol–water partition coefficient (Wildman–Crippen LogP) is 2.19. The molecular formula is C16H24N2O. The fraction of sp³-hybridized carbons (Fsp3) is 0.625. The van der Waals surface area contributed by atoms with Crippen LogP contribution in [0.5, 0.6) is 5.75 Å². The highest BCUT2D eigenvalue weighted by Crippen LogP contribution is 2.33. The van der Waals surface area contributed by atoms with Gasteiger partial charge in [-0.05, 0) is 45.4 Å². The summed E-state index contributed by atoms with van der Waals surface area (Å²) in [5, 5.41) is 3.44. The Morgan fingerprint density at radius 2 is 2.11 bits per heavy atom. The number of nitrogens with one attached hydrogen (secondary N) is 1. The van der Waals surface area contributed by atoms with E-state index in [1.807, 2.05) is 0 Å². The highest BCUT2D eigenvalue weighted by molar-refractivity contribution is 5.42. The van der Waals surface area contributed by atoms with E-state index in [-0.39, 0.29) is 5.60 Å². The molecule has 1 fully saturated rings. The summed E-state index contributed by atoms with van der Waals surface area (Å²) < 4.78 is 6.33. The third kappa shape index (κ3) is 2.49. The molecule has 0 bridgehead atoms. The van der Waals surface area contributed by atoms with Crippen LogP contribution in [-0.4, -0.2) is 36.2 Å². The van der Waals surface area contributed by atoms with Crippen molar-refractivity contribution in [3.63, 3.8) is 0 Å². The molecule has 3 rings (SSSR count). The predicted molar refractivity (Wildman–Crippen MR) is 77.6 cm³/mol. The van der Waals surface area contributed by atoms with Crippen LogP contribution in [0.2, 0.25) is 0 Å². The van der Waals surface area contributed by atoms with E-state index in [1.54, 1.807) is 0 Å². The molecule has 104 valence electrons. The van der Waals surface area contributed by atoms with Gasteiger partial charge in [0.25, 0.3) is 0 Å². The molecule has 0 radical (unpaired) electrons. The molecule has 0 unspecified atom stereocenters. The number of benzene rings is 1. The standard InChI is InChI=1S/C16H24N2O/c1-12(2)18-10-16(3,11-18)19-15-6-4-5-13-7-8-17-9-14(13)15/h4-6,12,17H,7-11H2,1-3H3. The average molecular weight is 260 g/mol. The highest BCUT2D eigenvalue weighted by Gasteiger charge is 2.42. The molecule has 0 saturated carbocycles. The van der Waals surface area contributed by atoms with E-state index in [0.717, 1.165) is 38.3 Å². The minimum absolute atomic E-state index is 0.0170. The Hall–Kier alpha value is -1.06. The minimum atomic E-state index is -0.0170. The van der Waals surface area contributed by atoms with Gasteiger partial charge in [-0.1, -0.05) is 12.1 Å². The van der Waals surface area contributed by atoms with Crippen LogP contribution in [0.4, 0.5) is 0 Å². The number of likely N-dealkylation sites (tertiary alicyclic amines) is 1. The molecule has 19 heavy (non-hydrogen) atoms. The molecule has 0 aliphatic carbocycles. The Morgan fingerprint density at radius 3 is 2.84 bits per heavy atom. The molecule has 2 aliphatic heterocycles. The van der Waals surface area contributed by atoms with Crippen molar-refractivity contribution in [2.45, 2.75) is 45.4 Å². The molecule has 1 saturated heterocycles. The van der Waals surface area contributed by atoms with Crippen LogP contribution in [0.1, 0.15) is 31.9 Å². The van der Waals surface area contributed by atoms with Crippen molar-refractivity contribution in [3.05, 3.63) is 29.3 Å². The lowest BCUT2D eigenvalue weighted by Crippen LogP contribution is -2.65. The zero-order chi connectivity index (χ0) is 13.5. The summed E-state index contributed by atoms with van der Waals surface area (Å²) >= 11 is 0. The van der Waals surface area contributed by atoms with Crippen molar-refractivity contribution in [3.8, 4) is 5.75 Å². The van der Waals surface area contributed by atoms with Gasteiger partial charge in [0, 0.05) is 31.2 Å². The number of ether oxygens (including phenoxy) is 1. The van der Waals surface area contributed by atoms with E-state index in [0.29, 0.717) is 6.04 Å². The number of hydrogen-bond donors (Lipinski definition) is 1. The van der Waals surface area contributed by atoms with E-state index in [1.165, 1.54) is 11.1 Å². The summed E-state index contributed by atoms with van der Waals surface area (Å²) in [5.74, 6) is 1.08. The van der Waals surface area contributed by atoms with Gasteiger partial charge < -0.3 is 10.1 Å². The van der Waals surface area contributed by atoms with Crippen molar-refractivity contribution < 1.29 is 4.74 Å². The van der Waals surface area contributed by atoms with Crippen molar-refractivity contribution in [2.75, 3.05) is 19.6 Å². The van der Waals surface area contributed by atoms with E-state index in [2.05, 4.69) is 49.2 Å². The van der Waals surface area contributed by atoms with Gasteiger partial charge in [0.15, 0.2) is 0 Å². The molecule has 0 aromatic heterocycles. The molecule has 3 nitrogen and oxygen atoms in total. The first-order valence-corrected chi connectivity index (χ1v) is 7.32. The lowest BCUT2D eigenvalue weighted by molar-refractivity contribution is -0.0781. The van der Waals surface area contributed by atoms with Crippen LogP contribution in [0.15, 0.2) is 18.2 Å². The summed E-state index contributed by atoms with van der Waals surface area (Å²) in [6.45, 7) is 10.8. The monoisotopic (exact) mass is 260 g/mol. The molecule has 1 aromatic carbocycles. The third-order valence-corrected chi connectivity index (χ3v) is 4.26. The normalized spacial score (nSPS) is 21.9. The summed E-state index contributed by atoms with van der Waals surface area (Å²) in [4.78, 5) is 2.45. The molecule has 3 heteroatoms. The Labute approximate surface area is 115 Å². The average Bonchev–Trinajstić information content (AvgIpc) is 2.36. The summed E-state index contributed by atoms with van der Waals surface area (Å²) in [6.07, 6.45) is 1.11. The zero-order valence-corrected chi connectivity index (χ0v) is 12.2. The van der Waals surface area contributed by atoms with Crippen LogP contribution in [0.25, 0.3) is 0 Å². The fourth-order valence-corrected chi connectivity index (χ4v) is 3.09. The van der Waals surface area contributed by atoms with Crippen molar-refractivity contribution in [1.29, 1.82) is 0 Å². The second-order valence-corrected chi connectivity index (χ2v) is 6.37. The lowest BCUT2D eigenvalue weighted by Gasteiger charge is -2.50. The van der Waals surface area contributed by atoms with Crippen molar-refractivity contribution >= 4 is 0 Å². The fourth-order valence-electron chi connectivity index (χ4n) is 3.09. The van der Waals surface area contributed by atoms with Gasteiger partial charge in [-0.15, -0.1) is 0 Å². The molecule has 0 spiro atoms. The van der Waals surface area contributed by atoms with Gasteiger partial charge in [-0.25, -0.2) is 0 Å². The topological polar surface area (TPSA) is 24.5 Å². The molecule has 2 aliphatic rings. The molecule has 0 amide bonds. The SMILES string of the molecule is CC(C)N1CC(C)(Oc2cccc3c2CNCC3)C1. The van der Waals surface area contributed by atoms with Gasteiger partial charge in [-0.3, -0.25) is 4.90 Å². The summed E-state index contributed by atoms with van der Waals surface area (Å²) in [6, 6.07) is 7.09. The maximum absolute atomic E-state index is 6.33. The van der Waals surface area contributed by atoms with E-state index >= 15 is 0 Å². The molecule has 1 N–H and O–H groups in total. The Bertz CT molecular complexity index is 464. The van der Waals surface area contributed by atoms with Gasteiger partial charge in [0.2, 0.25) is 0 Å². The second-order valence-electron chi connectivity index (χ2n) is 6.37. The maximum Gasteiger partial charge on any atom is 0.131 e. The Balaban J connectivity index is 1.74. The third-order valence-electron chi connectivity index (χ3n) is 4.26. The van der Waals surface area contributed by atoms with Gasteiger partial charge in [0.05, 0.1) is 0 Å². The molecular weight excluding hydrogens is 236 g/mol. The number of fused-ring (bicyclic) bond motifs is 1. The largest absolute Gasteiger partial charge is 0.485 e. The van der Waals surface area contributed by atoms with Crippen LogP contribution < -0.4 is 10.1 Å². The van der Waals surface area contributed by atoms with E-state index in [9.17, 15) is 0 Å². The maximum atomic E-state index is 6.33. The quantitative estimate of drug-likeness (QED) is 0.901. The lowest BCUT2D eigenvalue weighted by atomic mass is 9.93. The van der Waals surface area contributed by atoms with Gasteiger partial charge >= 0.3 is 0 Å². The Morgan fingerprint density at radius 1 is 1.32 bits per heavy atom. The Kier molecular flexibility index (Phi) is 3.27. The highest BCUT2D eigenvalue weighted by atomic mass is 16.5. The molecule has 0 atom stereocenters. The van der Waals surface area contributed by atoms with Crippen LogP contribution >= 0.6 is 0 Å². The van der Waals surface area contributed by atoms with E-state index < -0.39 is 0 Å². The second kappa shape index (κ2) is 4.80. The summed E-state index contributed by atoms with van der Waals surface area (Å²) in [5.41, 5.74) is 2.79. The molecule has 2 heterocycles. The first-order chi connectivity index (χ1) is 9.07. The van der Waals surface area contributed by atoms with Crippen molar-refractivity contribution in [1.82, 2.24) is 10.2 Å². The number of hydrogen-bond acceptors (Lipinski definition) is 3. The minimum Gasteiger partial charge on any atom is -0.485 e. The van der Waals surface area contributed by atoms with Crippen LogP contribution in [0.3, 0.4) is 0 Å².